The van der Waals surface area contributed by atoms with Crippen LogP contribution >= 0.6 is 0 Å². The third-order valence-electron chi connectivity index (χ3n) is 10.6. The molecule has 0 aliphatic carbocycles. The van der Waals surface area contributed by atoms with Crippen LogP contribution in [0.2, 0.25) is 0 Å². The quantitative estimate of drug-likeness (QED) is 0.173. The molecule has 10 rings (SSSR count). The standard InChI is InChI=1S/C46H38N4O/c1-45(2,3)27-15-21-39-33(23-27)31-19-17-29(25-35(31)43-47-37-11-7-9-13-41(37)49(39)43)51-30-18-20-32-34-24-28(46(4,5)6)16-22-40(34)50-42-14-10-8-12-38(42)48-44(50)36(32)26-30/h7-26H,1-6H3. The predicted octanol–water partition coefficient (Wildman–Crippen LogP) is 12.3. The van der Waals surface area contributed by atoms with Crippen LogP contribution in [0.4, 0.5) is 0 Å². The van der Waals surface area contributed by atoms with Crippen LogP contribution in [0.25, 0.3) is 76.7 Å². The van der Waals surface area contributed by atoms with Gasteiger partial charge in [-0.05, 0) is 118 Å². The molecular weight excluding hydrogens is 625 g/mol. The fourth-order valence-electron chi connectivity index (χ4n) is 7.88. The van der Waals surface area contributed by atoms with Gasteiger partial charge in [-0.3, -0.25) is 8.80 Å². The minimum Gasteiger partial charge on any atom is -0.457 e. The van der Waals surface area contributed by atoms with Crippen molar-refractivity contribution in [3.63, 3.8) is 0 Å². The Balaban J connectivity index is 1.19. The van der Waals surface area contributed by atoms with E-state index in [4.69, 9.17) is 14.7 Å². The van der Waals surface area contributed by atoms with Crippen LogP contribution in [0.5, 0.6) is 11.5 Å². The van der Waals surface area contributed by atoms with E-state index in [2.05, 4.69) is 172 Å². The van der Waals surface area contributed by atoms with Crippen LogP contribution in [0.1, 0.15) is 52.7 Å². The molecule has 0 bridgehead atoms. The molecule has 0 fully saturated rings. The highest BCUT2D eigenvalue weighted by Crippen LogP contribution is 2.40. The van der Waals surface area contributed by atoms with Gasteiger partial charge in [0, 0.05) is 21.5 Å². The Labute approximate surface area is 295 Å². The lowest BCUT2D eigenvalue weighted by Gasteiger charge is -2.21. The summed E-state index contributed by atoms with van der Waals surface area (Å²) in [6.45, 7) is 13.6. The minimum absolute atomic E-state index is 0.0252. The molecule has 4 aromatic heterocycles. The van der Waals surface area contributed by atoms with Crippen LogP contribution in [0, 0.1) is 0 Å². The lowest BCUT2D eigenvalue weighted by molar-refractivity contribution is 0.484. The summed E-state index contributed by atoms with van der Waals surface area (Å²) >= 11 is 0. The molecule has 0 radical (unpaired) electrons. The number of nitrogens with zero attached hydrogens (tertiary/aromatic N) is 4. The van der Waals surface area contributed by atoms with Crippen molar-refractivity contribution in [1.82, 2.24) is 18.8 Å². The highest BCUT2D eigenvalue weighted by molar-refractivity contribution is 6.15. The number of hydrogen-bond acceptors (Lipinski definition) is 3. The topological polar surface area (TPSA) is 43.8 Å². The zero-order valence-electron chi connectivity index (χ0n) is 29.7. The lowest BCUT2D eigenvalue weighted by atomic mass is 9.86. The van der Waals surface area contributed by atoms with Crippen LogP contribution in [-0.4, -0.2) is 18.8 Å². The molecule has 0 unspecified atom stereocenters. The molecule has 0 aliphatic heterocycles. The van der Waals surface area contributed by atoms with Gasteiger partial charge in [0.1, 0.15) is 22.8 Å². The summed E-state index contributed by atoms with van der Waals surface area (Å²) in [6.07, 6.45) is 0. The van der Waals surface area contributed by atoms with Crippen molar-refractivity contribution < 1.29 is 4.74 Å². The van der Waals surface area contributed by atoms with E-state index < -0.39 is 0 Å². The first-order chi connectivity index (χ1) is 24.5. The molecule has 0 saturated carbocycles. The summed E-state index contributed by atoms with van der Waals surface area (Å²) in [5.41, 5.74) is 11.0. The lowest BCUT2D eigenvalue weighted by Crippen LogP contribution is -2.10. The number of fused-ring (bicyclic) bond motifs is 16. The van der Waals surface area contributed by atoms with Gasteiger partial charge in [-0.15, -0.1) is 0 Å². The van der Waals surface area contributed by atoms with E-state index >= 15 is 0 Å². The Hall–Kier alpha value is -5.94. The first-order valence-corrected chi connectivity index (χ1v) is 17.8. The average molecular weight is 663 g/mol. The SMILES string of the molecule is CC(C)(C)c1ccc2c(c1)c1ccc(Oc3ccc4c5cc(C(C)(C)C)ccc5n5c6ccccc6nc5c4c3)cc1c1nc3ccccc3n21. The maximum atomic E-state index is 6.75. The molecule has 0 saturated heterocycles. The van der Waals surface area contributed by atoms with Crippen LogP contribution in [-0.2, 0) is 10.8 Å². The summed E-state index contributed by atoms with van der Waals surface area (Å²) in [5.74, 6) is 1.53. The van der Waals surface area contributed by atoms with E-state index in [0.717, 1.165) is 77.4 Å². The Kier molecular flexibility index (Phi) is 6.04. The van der Waals surface area contributed by atoms with Crippen molar-refractivity contribution in [2.24, 2.45) is 0 Å². The van der Waals surface area contributed by atoms with Gasteiger partial charge in [-0.1, -0.05) is 77.9 Å². The fourth-order valence-corrected chi connectivity index (χ4v) is 7.88. The van der Waals surface area contributed by atoms with Gasteiger partial charge in [0.2, 0.25) is 0 Å². The van der Waals surface area contributed by atoms with E-state index in [9.17, 15) is 0 Å². The monoisotopic (exact) mass is 662 g/mol. The van der Waals surface area contributed by atoms with Crippen LogP contribution in [0.3, 0.4) is 0 Å². The molecule has 10 aromatic rings. The number of pyridine rings is 2. The summed E-state index contributed by atoms with van der Waals surface area (Å²) in [4.78, 5) is 10.3. The van der Waals surface area contributed by atoms with Gasteiger partial charge >= 0.3 is 0 Å². The highest BCUT2D eigenvalue weighted by Gasteiger charge is 2.21. The summed E-state index contributed by atoms with van der Waals surface area (Å²) in [5, 5.41) is 6.87. The molecule has 248 valence electrons. The molecule has 4 heterocycles. The van der Waals surface area contributed by atoms with Crippen LogP contribution in [0.15, 0.2) is 121 Å². The number of imidazole rings is 2. The fraction of sp³-hybridized carbons (Fsp3) is 0.174. The molecule has 5 heteroatoms. The van der Waals surface area contributed by atoms with E-state index in [1.807, 2.05) is 0 Å². The molecule has 0 atom stereocenters. The van der Waals surface area contributed by atoms with Crippen molar-refractivity contribution in [3.8, 4) is 11.5 Å². The molecule has 0 spiro atoms. The number of ether oxygens (including phenoxy) is 1. The zero-order valence-corrected chi connectivity index (χ0v) is 29.7. The van der Waals surface area contributed by atoms with Crippen LogP contribution < -0.4 is 4.74 Å². The highest BCUT2D eigenvalue weighted by atomic mass is 16.5. The van der Waals surface area contributed by atoms with Gasteiger partial charge in [0.25, 0.3) is 0 Å². The molecule has 5 nitrogen and oxygen atoms in total. The van der Waals surface area contributed by atoms with E-state index in [1.54, 1.807) is 0 Å². The second-order valence-corrected chi connectivity index (χ2v) is 16.0. The van der Waals surface area contributed by atoms with Gasteiger partial charge in [-0.25, -0.2) is 9.97 Å². The molecule has 0 aliphatic rings. The maximum absolute atomic E-state index is 6.75. The van der Waals surface area contributed by atoms with Gasteiger partial charge in [0.15, 0.2) is 0 Å². The third kappa shape index (κ3) is 4.47. The van der Waals surface area contributed by atoms with E-state index in [1.165, 1.54) is 21.9 Å². The van der Waals surface area contributed by atoms with Gasteiger partial charge in [-0.2, -0.15) is 0 Å². The first kappa shape index (κ1) is 29.9. The van der Waals surface area contributed by atoms with E-state index in [-0.39, 0.29) is 10.8 Å². The Bertz CT molecular complexity index is 2870. The first-order valence-electron chi connectivity index (χ1n) is 17.8. The smallest absolute Gasteiger partial charge is 0.146 e. The van der Waals surface area contributed by atoms with E-state index in [0.29, 0.717) is 0 Å². The van der Waals surface area contributed by atoms with Crippen molar-refractivity contribution in [1.29, 1.82) is 0 Å². The normalized spacial score (nSPS) is 12.9. The summed E-state index contributed by atoms with van der Waals surface area (Å²) in [6, 6.07) is 43.4. The summed E-state index contributed by atoms with van der Waals surface area (Å²) < 4.78 is 11.3. The molecule has 0 amide bonds. The zero-order chi connectivity index (χ0) is 34.8. The minimum atomic E-state index is 0.0252. The van der Waals surface area contributed by atoms with Crippen molar-refractivity contribution >= 4 is 76.7 Å². The molecule has 51 heavy (non-hydrogen) atoms. The molecular formula is C46H38N4O. The average Bonchev–Trinajstić information content (AvgIpc) is 3.71. The number of hydrogen-bond donors (Lipinski definition) is 0. The Morgan fingerprint density at radius 3 is 1.27 bits per heavy atom. The second-order valence-electron chi connectivity index (χ2n) is 16.0. The van der Waals surface area contributed by atoms with Crippen molar-refractivity contribution in [3.05, 3.63) is 132 Å². The Morgan fingerprint density at radius 1 is 0.412 bits per heavy atom. The third-order valence-corrected chi connectivity index (χ3v) is 10.6. The Morgan fingerprint density at radius 2 is 0.843 bits per heavy atom. The van der Waals surface area contributed by atoms with Crippen molar-refractivity contribution in [2.45, 2.75) is 52.4 Å². The molecule has 0 N–H and O–H groups in total. The largest absolute Gasteiger partial charge is 0.457 e. The van der Waals surface area contributed by atoms with Gasteiger partial charge < -0.3 is 4.74 Å². The second kappa shape index (κ2) is 10.3. The predicted molar refractivity (Wildman–Crippen MR) is 213 cm³/mol. The number of rotatable bonds is 2. The van der Waals surface area contributed by atoms with Gasteiger partial charge in [0.05, 0.1) is 33.1 Å². The number of benzene rings is 6. The number of aromatic nitrogens is 4. The maximum Gasteiger partial charge on any atom is 0.146 e. The van der Waals surface area contributed by atoms with Crippen molar-refractivity contribution in [2.75, 3.05) is 0 Å². The molecule has 6 aromatic carbocycles. The number of para-hydroxylation sites is 4. The summed E-state index contributed by atoms with van der Waals surface area (Å²) in [7, 11) is 0.